The van der Waals surface area contributed by atoms with Gasteiger partial charge in [-0.25, -0.2) is 0 Å². The van der Waals surface area contributed by atoms with Crippen LogP contribution in [0.1, 0.15) is 42.5 Å². The second-order valence-electron chi connectivity index (χ2n) is 6.88. The molecular weight excluding hydrogens is 320 g/mol. The molecule has 2 amide bonds. The first kappa shape index (κ1) is 17.5. The number of carbonyl (C=O) groups excluding carboxylic acids is 2. The summed E-state index contributed by atoms with van der Waals surface area (Å²) in [5.41, 5.74) is -0.131. The number of nitrogens with one attached hydrogen (secondary N) is 1. The molecule has 1 saturated carbocycles. The molecular formula is C18H24N4O3. The third-order valence-electron chi connectivity index (χ3n) is 5.09. The van der Waals surface area contributed by atoms with Crippen LogP contribution in [0.3, 0.4) is 0 Å². The zero-order valence-corrected chi connectivity index (χ0v) is 14.4. The summed E-state index contributed by atoms with van der Waals surface area (Å²) in [6.45, 7) is 2.74. The van der Waals surface area contributed by atoms with E-state index in [2.05, 4.69) is 11.4 Å². The number of furan rings is 1. The molecule has 0 radical (unpaired) electrons. The van der Waals surface area contributed by atoms with Crippen LogP contribution in [0.2, 0.25) is 0 Å². The fraction of sp³-hybridized carbons (Fsp3) is 0.611. The van der Waals surface area contributed by atoms with E-state index in [9.17, 15) is 14.9 Å². The molecule has 134 valence electrons. The van der Waals surface area contributed by atoms with E-state index in [0.29, 0.717) is 31.7 Å². The van der Waals surface area contributed by atoms with Crippen LogP contribution in [-0.2, 0) is 4.79 Å². The average molecular weight is 344 g/mol. The molecule has 1 aliphatic heterocycles. The van der Waals surface area contributed by atoms with Gasteiger partial charge in [0.05, 0.1) is 24.4 Å². The van der Waals surface area contributed by atoms with E-state index in [-0.39, 0.29) is 18.4 Å². The molecule has 1 aliphatic carbocycles. The summed E-state index contributed by atoms with van der Waals surface area (Å²) in [6.07, 6.45) is 7.53. The number of hydrogen-bond acceptors (Lipinski definition) is 5. The Bertz CT molecular complexity index is 636. The Hall–Kier alpha value is -2.33. The van der Waals surface area contributed by atoms with Gasteiger partial charge in [-0.15, -0.1) is 0 Å². The SMILES string of the molecule is N#CC1(NC(=O)CN2CCN(C(=O)c3ccoc3)CC2)CCCCC1. The summed E-state index contributed by atoms with van der Waals surface area (Å²) < 4.78 is 4.96. The number of piperazine rings is 1. The van der Waals surface area contributed by atoms with Gasteiger partial charge in [-0.3, -0.25) is 14.5 Å². The normalized spacial score (nSPS) is 20.7. The molecule has 1 saturated heterocycles. The highest BCUT2D eigenvalue weighted by atomic mass is 16.3. The van der Waals surface area contributed by atoms with Crippen molar-refractivity contribution < 1.29 is 14.0 Å². The highest BCUT2D eigenvalue weighted by Crippen LogP contribution is 2.27. The number of rotatable bonds is 4. The molecule has 1 aromatic heterocycles. The highest BCUT2D eigenvalue weighted by molar-refractivity contribution is 5.93. The topological polar surface area (TPSA) is 89.6 Å². The molecule has 1 aromatic rings. The van der Waals surface area contributed by atoms with Crippen LogP contribution < -0.4 is 5.32 Å². The van der Waals surface area contributed by atoms with E-state index in [0.717, 1.165) is 32.1 Å². The Labute approximate surface area is 147 Å². The largest absolute Gasteiger partial charge is 0.472 e. The van der Waals surface area contributed by atoms with E-state index in [1.165, 1.54) is 12.5 Å². The highest BCUT2D eigenvalue weighted by Gasteiger charge is 2.34. The van der Waals surface area contributed by atoms with Gasteiger partial charge in [0.25, 0.3) is 5.91 Å². The van der Waals surface area contributed by atoms with Gasteiger partial charge in [-0.05, 0) is 18.9 Å². The Morgan fingerprint density at radius 3 is 2.52 bits per heavy atom. The number of nitriles is 1. The lowest BCUT2D eigenvalue weighted by molar-refractivity contribution is -0.124. The summed E-state index contributed by atoms with van der Waals surface area (Å²) >= 11 is 0. The monoisotopic (exact) mass is 344 g/mol. The lowest BCUT2D eigenvalue weighted by Crippen LogP contribution is -2.54. The molecule has 7 heteroatoms. The van der Waals surface area contributed by atoms with Crippen LogP contribution in [0.4, 0.5) is 0 Å². The summed E-state index contributed by atoms with van der Waals surface area (Å²) in [4.78, 5) is 28.4. The maximum atomic E-state index is 12.3. The molecule has 0 spiro atoms. The minimum Gasteiger partial charge on any atom is -0.472 e. The number of carbonyl (C=O) groups is 2. The van der Waals surface area contributed by atoms with Crippen molar-refractivity contribution in [2.24, 2.45) is 0 Å². The van der Waals surface area contributed by atoms with Crippen molar-refractivity contribution in [2.45, 2.75) is 37.6 Å². The predicted octanol–water partition coefficient (Wildman–Crippen LogP) is 1.38. The molecule has 3 rings (SSSR count). The maximum absolute atomic E-state index is 12.3. The maximum Gasteiger partial charge on any atom is 0.257 e. The van der Waals surface area contributed by atoms with E-state index in [1.807, 2.05) is 4.90 Å². The van der Waals surface area contributed by atoms with E-state index in [1.54, 1.807) is 11.0 Å². The van der Waals surface area contributed by atoms with Gasteiger partial charge in [0.15, 0.2) is 0 Å². The van der Waals surface area contributed by atoms with Crippen LogP contribution in [0.15, 0.2) is 23.0 Å². The molecule has 0 bridgehead atoms. The van der Waals surface area contributed by atoms with Gasteiger partial charge in [0.1, 0.15) is 11.8 Å². The minimum absolute atomic E-state index is 0.0384. The van der Waals surface area contributed by atoms with Crippen molar-refractivity contribution in [2.75, 3.05) is 32.7 Å². The van der Waals surface area contributed by atoms with Crippen molar-refractivity contribution >= 4 is 11.8 Å². The Kier molecular flexibility index (Phi) is 5.39. The van der Waals surface area contributed by atoms with Gasteiger partial charge in [0, 0.05) is 26.2 Å². The van der Waals surface area contributed by atoms with Gasteiger partial charge < -0.3 is 14.6 Å². The van der Waals surface area contributed by atoms with Crippen LogP contribution in [0.5, 0.6) is 0 Å². The fourth-order valence-corrected chi connectivity index (χ4v) is 3.61. The fourth-order valence-electron chi connectivity index (χ4n) is 3.61. The summed E-state index contributed by atoms with van der Waals surface area (Å²) in [6, 6.07) is 3.97. The van der Waals surface area contributed by atoms with Crippen molar-refractivity contribution in [1.29, 1.82) is 5.26 Å². The lowest BCUT2D eigenvalue weighted by Gasteiger charge is -2.36. The molecule has 25 heavy (non-hydrogen) atoms. The molecule has 0 unspecified atom stereocenters. The Morgan fingerprint density at radius 2 is 1.92 bits per heavy atom. The lowest BCUT2D eigenvalue weighted by atomic mass is 9.83. The first-order chi connectivity index (χ1) is 12.1. The van der Waals surface area contributed by atoms with E-state index < -0.39 is 5.54 Å². The number of hydrogen-bond donors (Lipinski definition) is 1. The smallest absolute Gasteiger partial charge is 0.257 e. The van der Waals surface area contributed by atoms with Crippen LogP contribution >= 0.6 is 0 Å². The quantitative estimate of drug-likeness (QED) is 0.891. The zero-order chi connectivity index (χ0) is 17.7. The molecule has 0 aromatic carbocycles. The van der Waals surface area contributed by atoms with Crippen LogP contribution in [0.25, 0.3) is 0 Å². The van der Waals surface area contributed by atoms with Crippen LogP contribution in [0, 0.1) is 11.3 Å². The van der Waals surface area contributed by atoms with Gasteiger partial charge in [0.2, 0.25) is 5.91 Å². The van der Waals surface area contributed by atoms with Crippen LogP contribution in [-0.4, -0.2) is 59.9 Å². The first-order valence-electron chi connectivity index (χ1n) is 8.88. The van der Waals surface area contributed by atoms with Gasteiger partial charge >= 0.3 is 0 Å². The van der Waals surface area contributed by atoms with Crippen molar-refractivity contribution in [1.82, 2.24) is 15.1 Å². The molecule has 7 nitrogen and oxygen atoms in total. The summed E-state index contributed by atoms with van der Waals surface area (Å²) in [5, 5.41) is 12.4. The van der Waals surface area contributed by atoms with Gasteiger partial charge in [-0.1, -0.05) is 19.3 Å². The number of amides is 2. The third kappa shape index (κ3) is 4.20. The second-order valence-corrected chi connectivity index (χ2v) is 6.88. The number of nitrogens with zero attached hydrogens (tertiary/aromatic N) is 3. The van der Waals surface area contributed by atoms with E-state index >= 15 is 0 Å². The predicted molar refractivity (Wildman–Crippen MR) is 90.6 cm³/mol. The first-order valence-corrected chi connectivity index (χ1v) is 8.88. The van der Waals surface area contributed by atoms with Crippen molar-refractivity contribution in [3.8, 4) is 6.07 Å². The Balaban J connectivity index is 1.46. The molecule has 2 aliphatic rings. The molecule has 2 heterocycles. The standard InChI is InChI=1S/C18H24N4O3/c19-14-18(5-2-1-3-6-18)20-16(23)12-21-7-9-22(10-8-21)17(24)15-4-11-25-13-15/h4,11,13H,1-3,5-10,12H2,(H,20,23). The molecule has 2 fully saturated rings. The Morgan fingerprint density at radius 1 is 1.20 bits per heavy atom. The van der Waals surface area contributed by atoms with Crippen molar-refractivity contribution in [3.05, 3.63) is 24.2 Å². The van der Waals surface area contributed by atoms with E-state index in [4.69, 9.17) is 4.42 Å². The molecule has 1 N–H and O–H groups in total. The second kappa shape index (κ2) is 7.70. The third-order valence-corrected chi connectivity index (χ3v) is 5.09. The van der Waals surface area contributed by atoms with Gasteiger partial charge in [-0.2, -0.15) is 5.26 Å². The zero-order valence-electron chi connectivity index (χ0n) is 14.4. The summed E-state index contributed by atoms with van der Waals surface area (Å²) in [7, 11) is 0. The summed E-state index contributed by atoms with van der Waals surface area (Å²) in [5.74, 6) is -0.137. The minimum atomic E-state index is -0.686. The molecule has 0 atom stereocenters. The van der Waals surface area contributed by atoms with Crippen molar-refractivity contribution in [3.63, 3.8) is 0 Å². The average Bonchev–Trinajstić information content (AvgIpc) is 3.17.